The van der Waals surface area contributed by atoms with Crippen molar-refractivity contribution >= 4 is 17.1 Å². The lowest BCUT2D eigenvalue weighted by Gasteiger charge is -2.26. The van der Waals surface area contributed by atoms with Crippen molar-refractivity contribution in [1.82, 2.24) is 14.3 Å². The van der Waals surface area contributed by atoms with Crippen LogP contribution in [0.5, 0.6) is 0 Å². The van der Waals surface area contributed by atoms with Crippen LogP contribution in [0.2, 0.25) is 0 Å². The highest BCUT2D eigenvalue weighted by atomic mass is 16.4. The quantitative estimate of drug-likeness (QED) is 0.773. The van der Waals surface area contributed by atoms with Crippen molar-refractivity contribution in [2.24, 2.45) is 0 Å². The van der Waals surface area contributed by atoms with Crippen molar-refractivity contribution in [3.8, 4) is 0 Å². The molecular weight excluding hydrogens is 342 g/mol. The summed E-state index contributed by atoms with van der Waals surface area (Å²) in [6.07, 6.45) is 6.46. The fourth-order valence-corrected chi connectivity index (χ4v) is 3.48. The van der Waals surface area contributed by atoms with Gasteiger partial charge in [-0.15, -0.1) is 0 Å². The highest BCUT2D eigenvalue weighted by Gasteiger charge is 2.18. The van der Waals surface area contributed by atoms with Gasteiger partial charge in [0.2, 0.25) is 0 Å². The third-order valence-corrected chi connectivity index (χ3v) is 4.87. The molecule has 0 fully saturated rings. The summed E-state index contributed by atoms with van der Waals surface area (Å²) in [5.41, 5.74) is 3.11. The zero-order valence-corrected chi connectivity index (χ0v) is 14.7. The molecule has 136 valence electrons. The smallest absolute Gasteiger partial charge is 0.341 e. The van der Waals surface area contributed by atoms with Crippen molar-refractivity contribution < 1.29 is 9.90 Å². The summed E-state index contributed by atoms with van der Waals surface area (Å²) in [4.78, 5) is 30.5. The third kappa shape index (κ3) is 3.39. The maximum Gasteiger partial charge on any atom is 0.341 e. The van der Waals surface area contributed by atoms with Gasteiger partial charge in [-0.25, -0.2) is 4.79 Å². The second-order valence-electron chi connectivity index (χ2n) is 6.58. The van der Waals surface area contributed by atoms with Crippen LogP contribution in [-0.2, 0) is 6.54 Å². The molecular formula is C21H19N3O3. The van der Waals surface area contributed by atoms with Gasteiger partial charge < -0.3 is 5.11 Å². The molecule has 27 heavy (non-hydrogen) atoms. The molecule has 0 aromatic carbocycles. The van der Waals surface area contributed by atoms with Gasteiger partial charge in [0.15, 0.2) is 0 Å². The maximum atomic E-state index is 12.4. The summed E-state index contributed by atoms with van der Waals surface area (Å²) in [6, 6.07) is 12.8. The predicted octanol–water partition coefficient (Wildman–Crippen LogP) is 2.68. The molecule has 6 heteroatoms. The molecule has 6 nitrogen and oxygen atoms in total. The van der Waals surface area contributed by atoms with Crippen LogP contribution in [0.4, 0.5) is 0 Å². The second kappa shape index (κ2) is 7.17. The molecule has 0 saturated heterocycles. The number of hydrogen-bond acceptors (Lipinski definition) is 4. The highest BCUT2D eigenvalue weighted by Crippen LogP contribution is 2.22. The van der Waals surface area contributed by atoms with Crippen LogP contribution in [0.15, 0.2) is 65.7 Å². The van der Waals surface area contributed by atoms with Crippen LogP contribution in [0.1, 0.15) is 28.0 Å². The summed E-state index contributed by atoms with van der Waals surface area (Å²) in [5, 5.41) is 9.37. The highest BCUT2D eigenvalue weighted by molar-refractivity contribution is 5.88. The summed E-state index contributed by atoms with van der Waals surface area (Å²) in [7, 11) is 0. The Hall–Kier alpha value is -3.25. The van der Waals surface area contributed by atoms with Crippen molar-refractivity contribution in [3.05, 3.63) is 88.1 Å². The monoisotopic (exact) mass is 361 g/mol. The first-order chi connectivity index (χ1) is 13.1. The Kier molecular flexibility index (Phi) is 4.56. The van der Waals surface area contributed by atoms with Crippen LogP contribution >= 0.6 is 0 Å². The molecule has 1 aliphatic heterocycles. The Morgan fingerprint density at radius 2 is 2.04 bits per heavy atom. The van der Waals surface area contributed by atoms with Crippen molar-refractivity contribution in [3.63, 3.8) is 0 Å². The second-order valence-corrected chi connectivity index (χ2v) is 6.58. The van der Waals surface area contributed by atoms with E-state index >= 15 is 0 Å². The number of fused-ring (bicyclic) bond motifs is 1. The first-order valence-corrected chi connectivity index (χ1v) is 8.83. The average molecular weight is 361 g/mol. The number of aromatic nitrogens is 2. The molecule has 3 aromatic heterocycles. The Morgan fingerprint density at radius 1 is 1.19 bits per heavy atom. The molecule has 1 aliphatic rings. The summed E-state index contributed by atoms with van der Waals surface area (Å²) >= 11 is 0. The van der Waals surface area contributed by atoms with E-state index in [0.717, 1.165) is 36.3 Å². The fourth-order valence-electron chi connectivity index (χ4n) is 3.48. The zero-order valence-electron chi connectivity index (χ0n) is 14.7. The minimum atomic E-state index is -1.20. The average Bonchev–Trinajstić information content (AvgIpc) is 2.71. The molecule has 4 heterocycles. The molecule has 0 amide bonds. The van der Waals surface area contributed by atoms with Crippen molar-refractivity contribution in [2.75, 3.05) is 13.1 Å². The van der Waals surface area contributed by atoms with E-state index < -0.39 is 11.5 Å². The Labute approximate surface area is 156 Å². The molecule has 0 radical (unpaired) electrons. The molecule has 1 N–H and O–H groups in total. The largest absolute Gasteiger partial charge is 0.477 e. The predicted molar refractivity (Wildman–Crippen MR) is 103 cm³/mol. The van der Waals surface area contributed by atoms with E-state index in [1.165, 1.54) is 16.0 Å². The molecule has 3 aromatic rings. The zero-order chi connectivity index (χ0) is 18.8. The van der Waals surface area contributed by atoms with Gasteiger partial charge >= 0.3 is 5.97 Å². The van der Waals surface area contributed by atoms with Crippen LogP contribution in [0.25, 0.3) is 11.1 Å². The number of hydrogen-bond donors (Lipinski definition) is 1. The number of pyridine rings is 3. The van der Waals surface area contributed by atoms with Gasteiger partial charge in [-0.1, -0.05) is 18.2 Å². The van der Waals surface area contributed by atoms with Crippen LogP contribution in [0, 0.1) is 0 Å². The van der Waals surface area contributed by atoms with Gasteiger partial charge in [0.1, 0.15) is 5.56 Å². The molecule has 0 atom stereocenters. The van der Waals surface area contributed by atoms with E-state index in [2.05, 4.69) is 16.0 Å². The molecule has 0 unspecified atom stereocenters. The van der Waals surface area contributed by atoms with E-state index in [0.29, 0.717) is 6.54 Å². The normalized spacial score (nSPS) is 14.9. The number of carbonyl (C=O) groups is 1. The van der Waals surface area contributed by atoms with Gasteiger partial charge in [0.05, 0.1) is 11.2 Å². The Morgan fingerprint density at radius 3 is 2.74 bits per heavy atom. The van der Waals surface area contributed by atoms with E-state index in [4.69, 9.17) is 0 Å². The number of rotatable bonds is 4. The standard InChI is InChI=1S/C21H19N3O3/c25-20-17(21(26)27)13-16(19-6-2-4-10-24(19)20)14-23-11-7-15(8-12-23)18-5-1-3-9-22-18/h1-7,9-10,13H,8,11-12,14H2,(H,26,27). The Balaban J connectivity index is 1.63. The van der Waals surface area contributed by atoms with Gasteiger partial charge in [0, 0.05) is 32.0 Å². The van der Waals surface area contributed by atoms with Gasteiger partial charge in [-0.05, 0) is 47.9 Å². The molecule has 0 saturated carbocycles. The topological polar surface area (TPSA) is 74.9 Å². The van der Waals surface area contributed by atoms with Crippen molar-refractivity contribution in [2.45, 2.75) is 13.0 Å². The molecule has 0 spiro atoms. The number of carboxylic acid groups (broad SMARTS) is 1. The first-order valence-electron chi connectivity index (χ1n) is 8.83. The number of carboxylic acids is 1. The summed E-state index contributed by atoms with van der Waals surface area (Å²) in [5.74, 6) is -1.20. The first kappa shape index (κ1) is 17.2. The summed E-state index contributed by atoms with van der Waals surface area (Å²) in [6.45, 7) is 2.19. The van der Waals surface area contributed by atoms with Gasteiger partial charge in [-0.2, -0.15) is 0 Å². The SMILES string of the molecule is O=C(O)c1cc(CN2CC=C(c3ccccn3)CC2)c2ccccn2c1=O. The lowest BCUT2D eigenvalue weighted by Crippen LogP contribution is -2.30. The lowest BCUT2D eigenvalue weighted by atomic mass is 10.0. The third-order valence-electron chi connectivity index (χ3n) is 4.87. The minimum Gasteiger partial charge on any atom is -0.477 e. The minimum absolute atomic E-state index is 0.199. The van der Waals surface area contributed by atoms with Crippen LogP contribution < -0.4 is 5.56 Å². The van der Waals surface area contributed by atoms with Gasteiger partial charge in [0.25, 0.3) is 5.56 Å². The van der Waals surface area contributed by atoms with Crippen LogP contribution in [-0.4, -0.2) is 38.4 Å². The maximum absolute atomic E-state index is 12.4. The molecule has 0 bridgehead atoms. The van der Waals surface area contributed by atoms with E-state index in [9.17, 15) is 14.7 Å². The number of nitrogens with zero attached hydrogens (tertiary/aromatic N) is 3. The lowest BCUT2D eigenvalue weighted by molar-refractivity contribution is 0.0694. The molecule has 4 rings (SSSR count). The van der Waals surface area contributed by atoms with Crippen molar-refractivity contribution in [1.29, 1.82) is 0 Å². The van der Waals surface area contributed by atoms with E-state index in [-0.39, 0.29) is 5.56 Å². The molecule has 0 aliphatic carbocycles. The van der Waals surface area contributed by atoms with Gasteiger partial charge in [-0.3, -0.25) is 19.1 Å². The van der Waals surface area contributed by atoms with E-state index in [1.807, 2.05) is 30.3 Å². The van der Waals surface area contributed by atoms with Crippen LogP contribution in [0.3, 0.4) is 0 Å². The van der Waals surface area contributed by atoms with E-state index in [1.54, 1.807) is 18.5 Å². The number of aromatic carboxylic acids is 1. The summed E-state index contributed by atoms with van der Waals surface area (Å²) < 4.78 is 1.41. The fraction of sp³-hybridized carbons (Fsp3) is 0.190. The Bertz CT molecular complexity index is 1090.